The van der Waals surface area contributed by atoms with Crippen LogP contribution < -0.4 is 9.96 Å². The summed E-state index contributed by atoms with van der Waals surface area (Å²) in [5.74, 6) is -1.79. The quantitative estimate of drug-likeness (QED) is 0.590. The van der Waals surface area contributed by atoms with Gasteiger partial charge in [0, 0.05) is 0 Å². The average molecular weight is 416 g/mol. The van der Waals surface area contributed by atoms with E-state index in [-0.39, 0.29) is 17.6 Å². The van der Waals surface area contributed by atoms with Crippen LogP contribution in [0.2, 0.25) is 0 Å². The zero-order chi connectivity index (χ0) is 21.5. The molecule has 2 heterocycles. The highest BCUT2D eigenvalue weighted by molar-refractivity contribution is 6.23. The molecule has 0 radical (unpaired) electrons. The van der Waals surface area contributed by atoms with Gasteiger partial charge in [-0.05, 0) is 53.9 Å². The monoisotopic (exact) mass is 416 g/mol. The molecule has 3 aromatic carbocycles. The maximum absolute atomic E-state index is 13.6. The van der Waals surface area contributed by atoms with E-state index in [4.69, 9.17) is 4.84 Å². The van der Waals surface area contributed by atoms with Gasteiger partial charge in [0.25, 0.3) is 5.91 Å². The molecule has 3 atom stereocenters. The number of fused-ring (bicyclic) bond motifs is 1. The molecule has 0 N–H and O–H groups in total. The van der Waals surface area contributed by atoms with Gasteiger partial charge in [0.15, 0.2) is 6.10 Å². The normalized spacial score (nSPS) is 22.8. The molecule has 5 rings (SSSR count). The van der Waals surface area contributed by atoms with Gasteiger partial charge in [0.05, 0.1) is 17.4 Å². The lowest BCUT2D eigenvalue weighted by molar-refractivity contribution is -0.126. The van der Waals surface area contributed by atoms with E-state index in [1.54, 1.807) is 29.3 Å². The van der Waals surface area contributed by atoms with Crippen LogP contribution in [-0.2, 0) is 20.8 Å². The Labute approximate surface area is 179 Å². The Bertz CT molecular complexity index is 1120. The van der Waals surface area contributed by atoms with Crippen LogP contribution in [0.4, 0.5) is 15.8 Å². The van der Waals surface area contributed by atoms with Gasteiger partial charge >= 0.3 is 0 Å². The van der Waals surface area contributed by atoms with Crippen LogP contribution in [0.3, 0.4) is 0 Å². The van der Waals surface area contributed by atoms with Crippen LogP contribution in [0.5, 0.6) is 0 Å². The van der Waals surface area contributed by atoms with Gasteiger partial charge in [0.2, 0.25) is 5.91 Å². The van der Waals surface area contributed by atoms with Crippen molar-refractivity contribution >= 4 is 23.2 Å². The van der Waals surface area contributed by atoms with Gasteiger partial charge < -0.3 is 0 Å². The van der Waals surface area contributed by atoms with Gasteiger partial charge in [-0.3, -0.25) is 14.4 Å². The fourth-order valence-corrected chi connectivity index (χ4v) is 4.35. The molecule has 0 saturated carbocycles. The van der Waals surface area contributed by atoms with Crippen molar-refractivity contribution in [3.05, 3.63) is 95.8 Å². The number of hydroxylamine groups is 1. The van der Waals surface area contributed by atoms with Crippen LogP contribution in [0.25, 0.3) is 0 Å². The highest BCUT2D eigenvalue weighted by Crippen LogP contribution is 2.47. The summed E-state index contributed by atoms with van der Waals surface area (Å²) in [5, 5.41) is 1.61. The first-order valence-corrected chi connectivity index (χ1v) is 10.3. The van der Waals surface area contributed by atoms with E-state index in [1.165, 1.54) is 17.0 Å². The third-order valence-corrected chi connectivity index (χ3v) is 5.94. The minimum absolute atomic E-state index is 0.313. The minimum Gasteiger partial charge on any atom is -0.273 e. The number of nitrogens with zero attached hydrogens (tertiary/aromatic N) is 2. The molecular weight excluding hydrogens is 395 g/mol. The van der Waals surface area contributed by atoms with Gasteiger partial charge in [-0.25, -0.2) is 14.4 Å². The van der Waals surface area contributed by atoms with Crippen molar-refractivity contribution in [2.24, 2.45) is 5.92 Å². The Balaban J connectivity index is 1.56. The van der Waals surface area contributed by atoms with E-state index in [0.717, 1.165) is 17.7 Å². The number of imide groups is 1. The van der Waals surface area contributed by atoms with Gasteiger partial charge in [-0.1, -0.05) is 49.4 Å². The zero-order valence-electron chi connectivity index (χ0n) is 16.9. The molecule has 6 heteroatoms. The molecule has 5 nitrogen and oxygen atoms in total. The topological polar surface area (TPSA) is 49.9 Å². The first-order chi connectivity index (χ1) is 15.1. The molecule has 2 aliphatic heterocycles. The predicted molar refractivity (Wildman–Crippen MR) is 115 cm³/mol. The second-order valence-electron chi connectivity index (χ2n) is 7.74. The molecular formula is C25H21FN2O3. The van der Waals surface area contributed by atoms with Crippen molar-refractivity contribution in [2.75, 3.05) is 9.96 Å². The molecule has 31 heavy (non-hydrogen) atoms. The zero-order valence-corrected chi connectivity index (χ0v) is 16.9. The van der Waals surface area contributed by atoms with E-state index in [0.29, 0.717) is 11.3 Å². The van der Waals surface area contributed by atoms with Crippen LogP contribution in [0, 0.1) is 11.7 Å². The Hall–Kier alpha value is -3.51. The fraction of sp³-hybridized carbons (Fsp3) is 0.200. The van der Waals surface area contributed by atoms with E-state index in [9.17, 15) is 14.0 Å². The summed E-state index contributed by atoms with van der Waals surface area (Å²) in [6.07, 6.45) is -0.0662. The van der Waals surface area contributed by atoms with Gasteiger partial charge in [0.1, 0.15) is 11.7 Å². The predicted octanol–water partition coefficient (Wildman–Crippen LogP) is 4.44. The Morgan fingerprint density at radius 3 is 2.16 bits per heavy atom. The van der Waals surface area contributed by atoms with Crippen LogP contribution >= 0.6 is 0 Å². The Morgan fingerprint density at radius 1 is 0.839 bits per heavy atom. The molecule has 2 saturated heterocycles. The average Bonchev–Trinajstić information content (AvgIpc) is 3.31. The molecule has 0 spiro atoms. The Kier molecular flexibility index (Phi) is 4.79. The second kappa shape index (κ2) is 7.63. The number of aryl methyl sites for hydroxylation is 1. The lowest BCUT2D eigenvalue weighted by Gasteiger charge is -2.28. The number of para-hydroxylation sites is 1. The van der Waals surface area contributed by atoms with Crippen molar-refractivity contribution in [2.45, 2.75) is 25.5 Å². The van der Waals surface area contributed by atoms with Gasteiger partial charge in [-0.15, -0.1) is 0 Å². The summed E-state index contributed by atoms with van der Waals surface area (Å²) in [6.45, 7) is 2.05. The van der Waals surface area contributed by atoms with Gasteiger partial charge in [-0.2, -0.15) is 0 Å². The summed E-state index contributed by atoms with van der Waals surface area (Å²) in [7, 11) is 0. The van der Waals surface area contributed by atoms with Crippen molar-refractivity contribution in [3.8, 4) is 0 Å². The van der Waals surface area contributed by atoms with E-state index in [1.807, 2.05) is 49.4 Å². The third-order valence-electron chi connectivity index (χ3n) is 5.94. The highest BCUT2D eigenvalue weighted by atomic mass is 19.1. The maximum atomic E-state index is 13.6. The number of benzene rings is 3. The highest BCUT2D eigenvalue weighted by Gasteiger charge is 2.60. The molecule has 2 fully saturated rings. The first-order valence-electron chi connectivity index (χ1n) is 10.3. The van der Waals surface area contributed by atoms with Crippen LogP contribution in [-0.4, -0.2) is 17.9 Å². The number of carbonyl (C=O) groups excluding carboxylic acids is 2. The third kappa shape index (κ3) is 3.20. The lowest BCUT2D eigenvalue weighted by Crippen LogP contribution is -2.37. The summed E-state index contributed by atoms with van der Waals surface area (Å²) in [4.78, 5) is 34.0. The number of rotatable bonds is 4. The van der Waals surface area contributed by atoms with E-state index < -0.39 is 18.1 Å². The van der Waals surface area contributed by atoms with Crippen molar-refractivity contribution in [3.63, 3.8) is 0 Å². The molecule has 2 aliphatic rings. The number of amides is 2. The molecule has 0 bridgehead atoms. The summed E-state index contributed by atoms with van der Waals surface area (Å²) >= 11 is 0. The van der Waals surface area contributed by atoms with Crippen LogP contribution in [0.15, 0.2) is 78.9 Å². The molecule has 2 amide bonds. The Morgan fingerprint density at radius 2 is 1.52 bits per heavy atom. The minimum atomic E-state index is -0.936. The second-order valence-corrected chi connectivity index (χ2v) is 7.74. The molecule has 3 aromatic rings. The molecule has 156 valence electrons. The molecule has 0 aliphatic carbocycles. The number of hydrogen-bond donors (Lipinski definition) is 0. The van der Waals surface area contributed by atoms with Crippen molar-refractivity contribution in [1.29, 1.82) is 0 Å². The number of halogens is 1. The summed E-state index contributed by atoms with van der Waals surface area (Å²) in [6, 6.07) is 22.2. The van der Waals surface area contributed by atoms with Crippen molar-refractivity contribution in [1.82, 2.24) is 0 Å². The number of anilines is 2. The standard InChI is InChI=1S/C25H21FN2O3/c1-2-16-8-14-19(15-9-16)27-24(29)21-22(17-10-12-18(26)13-11-17)28(31-23(21)25(27)30)20-6-4-3-5-7-20/h3-15,21-23H,2H2,1H3/t21-,22+,23-/m1/s1. The first kappa shape index (κ1) is 19.5. The smallest absolute Gasteiger partial charge is 0.266 e. The SMILES string of the molecule is CCc1ccc(N2C(=O)[C@H]3[C@@H](ON(c4ccccc4)[C@H]3c3ccc(F)cc3)C2=O)cc1. The fourth-order valence-electron chi connectivity index (χ4n) is 4.35. The molecule has 0 aromatic heterocycles. The van der Waals surface area contributed by atoms with Crippen LogP contribution in [0.1, 0.15) is 24.1 Å². The summed E-state index contributed by atoms with van der Waals surface area (Å²) < 4.78 is 13.6. The number of hydrogen-bond acceptors (Lipinski definition) is 4. The number of carbonyl (C=O) groups is 2. The van der Waals surface area contributed by atoms with Crippen molar-refractivity contribution < 1.29 is 18.8 Å². The molecule has 0 unspecified atom stereocenters. The largest absolute Gasteiger partial charge is 0.273 e. The maximum Gasteiger partial charge on any atom is 0.266 e. The summed E-state index contributed by atoms with van der Waals surface area (Å²) in [5.41, 5.74) is 3.10. The van der Waals surface area contributed by atoms with E-state index in [2.05, 4.69) is 0 Å². The lowest BCUT2D eigenvalue weighted by atomic mass is 9.90. The van der Waals surface area contributed by atoms with E-state index >= 15 is 0 Å².